The largest absolute Gasteiger partial charge is 0.314 e. The number of piperazine rings is 1. The van der Waals surface area contributed by atoms with Gasteiger partial charge in [-0.05, 0) is 36.1 Å². The second-order valence-corrected chi connectivity index (χ2v) is 5.93. The van der Waals surface area contributed by atoms with E-state index in [2.05, 4.69) is 50.4 Å². The molecule has 1 atom stereocenters. The van der Waals surface area contributed by atoms with Gasteiger partial charge in [0.15, 0.2) is 0 Å². The number of halogens is 1. The second-order valence-electron chi connectivity index (χ2n) is 5.01. The minimum atomic E-state index is -0.391. The van der Waals surface area contributed by atoms with E-state index in [0.717, 1.165) is 43.5 Å². The van der Waals surface area contributed by atoms with Crippen LogP contribution in [0.5, 0.6) is 0 Å². The molecule has 0 bridgehead atoms. The summed E-state index contributed by atoms with van der Waals surface area (Å²) in [6, 6.07) is 8.95. The van der Waals surface area contributed by atoms with Crippen LogP contribution in [0.2, 0.25) is 0 Å². The maximum Gasteiger partial charge on any atom is 0.135 e. The van der Waals surface area contributed by atoms with Crippen LogP contribution in [0.4, 0.5) is 0 Å². The van der Waals surface area contributed by atoms with Gasteiger partial charge in [-0.2, -0.15) is 5.26 Å². The van der Waals surface area contributed by atoms with Gasteiger partial charge >= 0.3 is 0 Å². The first-order valence-electron chi connectivity index (χ1n) is 6.42. The van der Waals surface area contributed by atoms with E-state index >= 15 is 0 Å². The number of benzene rings is 1. The molecule has 0 radical (unpaired) electrons. The fourth-order valence-corrected chi connectivity index (χ4v) is 3.59. The first kappa shape index (κ1) is 12.2. The van der Waals surface area contributed by atoms with Crippen molar-refractivity contribution >= 4 is 15.9 Å². The minimum Gasteiger partial charge on any atom is -0.314 e. The number of nitrogens with one attached hydrogen (secondary N) is 1. The van der Waals surface area contributed by atoms with Gasteiger partial charge in [-0.3, -0.25) is 4.90 Å². The lowest BCUT2D eigenvalue weighted by molar-refractivity contribution is 0.118. The molecule has 1 unspecified atom stereocenters. The first-order valence-corrected chi connectivity index (χ1v) is 7.21. The molecule has 0 spiro atoms. The van der Waals surface area contributed by atoms with Gasteiger partial charge < -0.3 is 5.32 Å². The average Bonchev–Trinajstić information content (AvgIpc) is 2.79. The topological polar surface area (TPSA) is 39.1 Å². The first-order chi connectivity index (χ1) is 8.76. The molecule has 3 nitrogen and oxygen atoms in total. The third kappa shape index (κ3) is 1.78. The summed E-state index contributed by atoms with van der Waals surface area (Å²) in [5.41, 5.74) is 2.15. The fraction of sp³-hybridized carbons (Fsp3) is 0.500. The van der Waals surface area contributed by atoms with Crippen LogP contribution >= 0.6 is 15.9 Å². The zero-order valence-corrected chi connectivity index (χ0v) is 11.8. The third-order valence-corrected chi connectivity index (χ3v) is 4.60. The van der Waals surface area contributed by atoms with Crippen molar-refractivity contribution in [1.29, 1.82) is 5.26 Å². The molecule has 0 saturated carbocycles. The van der Waals surface area contributed by atoms with E-state index in [4.69, 9.17) is 0 Å². The highest BCUT2D eigenvalue weighted by Gasteiger charge is 2.44. The number of nitrogens with zero attached hydrogens (tertiary/aromatic N) is 2. The fourth-order valence-electron chi connectivity index (χ4n) is 3.18. The maximum atomic E-state index is 9.76. The number of hydrogen-bond acceptors (Lipinski definition) is 3. The van der Waals surface area contributed by atoms with E-state index in [-0.39, 0.29) is 0 Å². The maximum absolute atomic E-state index is 9.76. The predicted molar refractivity (Wildman–Crippen MR) is 74.2 cm³/mol. The molecule has 1 aromatic carbocycles. The van der Waals surface area contributed by atoms with Crippen molar-refractivity contribution in [1.82, 2.24) is 10.2 Å². The van der Waals surface area contributed by atoms with Crippen molar-refractivity contribution < 1.29 is 0 Å². The summed E-state index contributed by atoms with van der Waals surface area (Å²) in [5, 5.41) is 13.1. The van der Waals surface area contributed by atoms with Crippen molar-refractivity contribution in [3.8, 4) is 6.07 Å². The predicted octanol–water partition coefficient (Wildman–Crippen LogP) is 2.02. The van der Waals surface area contributed by atoms with Gasteiger partial charge in [-0.15, -0.1) is 0 Å². The highest BCUT2D eigenvalue weighted by atomic mass is 79.9. The van der Waals surface area contributed by atoms with Crippen molar-refractivity contribution in [3.63, 3.8) is 0 Å². The Balaban J connectivity index is 2.02. The smallest absolute Gasteiger partial charge is 0.135 e. The Hall–Kier alpha value is -0.890. The van der Waals surface area contributed by atoms with Crippen LogP contribution in [-0.2, 0) is 12.0 Å². The van der Waals surface area contributed by atoms with Gasteiger partial charge in [0.1, 0.15) is 5.54 Å². The average molecular weight is 306 g/mol. The van der Waals surface area contributed by atoms with Gasteiger partial charge in [-0.25, -0.2) is 0 Å². The molecule has 1 heterocycles. The van der Waals surface area contributed by atoms with Crippen LogP contribution in [-0.4, -0.2) is 31.1 Å². The second kappa shape index (κ2) is 4.65. The van der Waals surface area contributed by atoms with Crippen molar-refractivity contribution in [3.05, 3.63) is 33.8 Å². The Kier molecular flexibility index (Phi) is 3.14. The molecular weight excluding hydrogens is 290 g/mol. The normalized spacial score (nSPS) is 27.8. The number of aryl methyl sites for hydroxylation is 1. The van der Waals surface area contributed by atoms with E-state index in [1.165, 1.54) is 11.1 Å². The van der Waals surface area contributed by atoms with Gasteiger partial charge in [0.25, 0.3) is 0 Å². The molecule has 1 N–H and O–H groups in total. The minimum absolute atomic E-state index is 0.391. The zero-order chi connectivity index (χ0) is 12.6. The van der Waals surface area contributed by atoms with Gasteiger partial charge in [0, 0.05) is 30.7 Å². The van der Waals surface area contributed by atoms with Crippen molar-refractivity contribution in [2.45, 2.75) is 18.4 Å². The summed E-state index contributed by atoms with van der Waals surface area (Å²) in [4.78, 5) is 2.35. The van der Waals surface area contributed by atoms with Crippen LogP contribution in [0.15, 0.2) is 22.7 Å². The SMILES string of the molecule is N#CC1(N2CCNCC2)CCc2cc(Br)ccc21. The Bertz CT molecular complexity index is 502. The molecule has 1 aromatic rings. The van der Waals surface area contributed by atoms with Gasteiger partial charge in [0.2, 0.25) is 0 Å². The van der Waals surface area contributed by atoms with Crippen molar-refractivity contribution in [2.75, 3.05) is 26.2 Å². The highest BCUT2D eigenvalue weighted by molar-refractivity contribution is 9.10. The number of hydrogen-bond donors (Lipinski definition) is 1. The molecule has 2 aliphatic rings. The van der Waals surface area contributed by atoms with Crippen LogP contribution < -0.4 is 5.32 Å². The summed E-state index contributed by atoms with van der Waals surface area (Å²) in [5.74, 6) is 0. The number of fused-ring (bicyclic) bond motifs is 1. The molecule has 1 aliphatic heterocycles. The van der Waals surface area contributed by atoms with Crippen LogP contribution in [0.25, 0.3) is 0 Å². The lowest BCUT2D eigenvalue weighted by Gasteiger charge is -2.39. The zero-order valence-electron chi connectivity index (χ0n) is 10.2. The van der Waals surface area contributed by atoms with Crippen LogP contribution in [0.1, 0.15) is 17.5 Å². The van der Waals surface area contributed by atoms with Crippen molar-refractivity contribution in [2.24, 2.45) is 0 Å². The Morgan fingerprint density at radius 1 is 1.33 bits per heavy atom. The number of rotatable bonds is 1. The third-order valence-electron chi connectivity index (χ3n) is 4.11. The quantitative estimate of drug-likeness (QED) is 0.863. The van der Waals surface area contributed by atoms with Crippen LogP contribution in [0.3, 0.4) is 0 Å². The summed E-state index contributed by atoms with van der Waals surface area (Å²) >= 11 is 3.51. The summed E-state index contributed by atoms with van der Waals surface area (Å²) < 4.78 is 1.11. The summed E-state index contributed by atoms with van der Waals surface area (Å²) in [6.45, 7) is 3.89. The molecular formula is C14H16BrN3. The summed E-state index contributed by atoms with van der Waals surface area (Å²) in [7, 11) is 0. The van der Waals surface area contributed by atoms with Gasteiger partial charge in [-0.1, -0.05) is 22.0 Å². The molecule has 4 heteroatoms. The molecule has 18 heavy (non-hydrogen) atoms. The molecule has 0 amide bonds. The van der Waals surface area contributed by atoms with E-state index in [0.29, 0.717) is 0 Å². The Labute approximate surface area is 116 Å². The highest BCUT2D eigenvalue weighted by Crippen LogP contribution is 2.42. The van der Waals surface area contributed by atoms with Gasteiger partial charge in [0.05, 0.1) is 6.07 Å². The Morgan fingerprint density at radius 3 is 2.83 bits per heavy atom. The molecule has 1 aliphatic carbocycles. The monoisotopic (exact) mass is 305 g/mol. The van der Waals surface area contributed by atoms with E-state index < -0.39 is 5.54 Å². The summed E-state index contributed by atoms with van der Waals surface area (Å²) in [6.07, 6.45) is 1.93. The van der Waals surface area contributed by atoms with Crippen LogP contribution in [0, 0.1) is 11.3 Å². The van der Waals surface area contributed by atoms with E-state index in [1.807, 2.05) is 0 Å². The Morgan fingerprint density at radius 2 is 2.11 bits per heavy atom. The molecule has 1 fully saturated rings. The molecule has 3 rings (SSSR count). The standard InChI is InChI=1S/C14H16BrN3/c15-12-1-2-13-11(9-12)3-4-14(13,10-16)18-7-5-17-6-8-18/h1-2,9,17H,3-8H2. The molecule has 1 saturated heterocycles. The van der Waals surface area contributed by atoms with E-state index in [9.17, 15) is 5.26 Å². The molecule has 94 valence electrons. The molecule has 0 aromatic heterocycles. The lowest BCUT2D eigenvalue weighted by Crippen LogP contribution is -2.53. The number of nitriles is 1. The van der Waals surface area contributed by atoms with E-state index in [1.54, 1.807) is 0 Å². The lowest BCUT2D eigenvalue weighted by atomic mass is 9.90.